The van der Waals surface area contributed by atoms with Crippen molar-refractivity contribution in [3.8, 4) is 5.75 Å². The Bertz CT molecular complexity index is 743. The molecule has 2 aromatic rings. The maximum Gasteiger partial charge on any atom is 0.319 e. The first kappa shape index (κ1) is 18.2. The van der Waals surface area contributed by atoms with Crippen molar-refractivity contribution in [2.75, 3.05) is 19.5 Å². The Morgan fingerprint density at radius 2 is 2.12 bits per heavy atom. The fraction of sp³-hybridized carbons (Fsp3) is 0.375. The number of anilines is 1. The number of aryl methyl sites for hydroxylation is 1. The quantitative estimate of drug-likeness (QED) is 0.701. The maximum atomic E-state index is 12.1. The number of hydrogen-bond donors (Lipinski definition) is 3. The van der Waals surface area contributed by atoms with Crippen LogP contribution in [0.25, 0.3) is 0 Å². The second-order valence-corrected chi connectivity index (χ2v) is 5.24. The summed E-state index contributed by atoms with van der Waals surface area (Å²) in [6.07, 6.45) is 2.59. The molecule has 0 saturated heterocycles. The lowest BCUT2D eigenvalue weighted by molar-refractivity contribution is 0.0960. The number of carbonyl (C=O) groups excluding carboxylic acids is 2. The Morgan fingerprint density at radius 3 is 2.80 bits per heavy atom. The summed E-state index contributed by atoms with van der Waals surface area (Å²) < 4.78 is 7.04. The van der Waals surface area contributed by atoms with Gasteiger partial charge in [-0.3, -0.25) is 4.79 Å². The predicted molar refractivity (Wildman–Crippen MR) is 92.6 cm³/mol. The second kappa shape index (κ2) is 8.67. The molecule has 1 aromatic heterocycles. The van der Waals surface area contributed by atoms with E-state index in [4.69, 9.17) is 4.74 Å². The van der Waals surface area contributed by atoms with Crippen LogP contribution in [0.3, 0.4) is 0 Å². The molecule has 0 bridgehead atoms. The van der Waals surface area contributed by atoms with E-state index >= 15 is 0 Å². The van der Waals surface area contributed by atoms with E-state index in [1.165, 1.54) is 14.2 Å². The van der Waals surface area contributed by atoms with E-state index in [1.54, 1.807) is 24.5 Å². The molecule has 3 N–H and O–H groups in total. The fourth-order valence-corrected chi connectivity index (χ4v) is 2.28. The van der Waals surface area contributed by atoms with E-state index in [0.29, 0.717) is 22.8 Å². The predicted octanol–water partition coefficient (Wildman–Crippen LogP) is 1.38. The van der Waals surface area contributed by atoms with Gasteiger partial charge in [0.05, 0.1) is 19.2 Å². The van der Waals surface area contributed by atoms with E-state index in [2.05, 4.69) is 33.1 Å². The number of urea groups is 1. The molecule has 0 radical (unpaired) electrons. The van der Waals surface area contributed by atoms with Crippen LogP contribution in [0.5, 0.6) is 5.75 Å². The molecule has 0 atom stereocenters. The fourth-order valence-electron chi connectivity index (χ4n) is 2.28. The summed E-state index contributed by atoms with van der Waals surface area (Å²) in [5.41, 5.74) is 0.817. The summed E-state index contributed by atoms with van der Waals surface area (Å²) in [7, 11) is 3.01. The smallest absolute Gasteiger partial charge is 0.319 e. The molecule has 9 nitrogen and oxygen atoms in total. The molecule has 0 saturated carbocycles. The van der Waals surface area contributed by atoms with Crippen molar-refractivity contribution in [1.82, 2.24) is 25.4 Å². The third kappa shape index (κ3) is 4.69. The van der Waals surface area contributed by atoms with E-state index < -0.39 is 6.03 Å². The molecule has 0 aliphatic heterocycles. The molecule has 0 aliphatic rings. The third-order valence-corrected chi connectivity index (χ3v) is 3.50. The highest BCUT2D eigenvalue weighted by molar-refractivity contribution is 5.99. The maximum absolute atomic E-state index is 12.1. The van der Waals surface area contributed by atoms with Crippen LogP contribution >= 0.6 is 0 Å². The molecule has 9 heteroatoms. The average Bonchev–Trinajstić information content (AvgIpc) is 3.06. The van der Waals surface area contributed by atoms with E-state index in [0.717, 1.165) is 13.0 Å². The zero-order valence-corrected chi connectivity index (χ0v) is 14.5. The van der Waals surface area contributed by atoms with Gasteiger partial charge in [-0.15, -0.1) is 10.2 Å². The van der Waals surface area contributed by atoms with Crippen LogP contribution in [0.15, 0.2) is 24.5 Å². The normalized spacial score (nSPS) is 10.2. The summed E-state index contributed by atoms with van der Waals surface area (Å²) in [6.45, 7) is 3.10. The van der Waals surface area contributed by atoms with Gasteiger partial charge < -0.3 is 25.3 Å². The van der Waals surface area contributed by atoms with Crippen LogP contribution in [-0.2, 0) is 13.1 Å². The largest absolute Gasteiger partial charge is 0.496 e. The molecule has 0 unspecified atom stereocenters. The van der Waals surface area contributed by atoms with E-state index in [1.807, 2.05) is 4.57 Å². The number of ether oxygens (including phenoxy) is 1. The van der Waals surface area contributed by atoms with Crippen LogP contribution in [0, 0.1) is 0 Å². The van der Waals surface area contributed by atoms with Gasteiger partial charge in [0.25, 0.3) is 5.91 Å². The number of benzene rings is 1. The molecule has 0 aliphatic carbocycles. The van der Waals surface area contributed by atoms with Crippen molar-refractivity contribution < 1.29 is 14.3 Å². The first-order chi connectivity index (χ1) is 12.1. The number of amides is 3. The molecule has 134 valence electrons. The number of aromatic nitrogens is 3. The molecule has 0 fully saturated rings. The van der Waals surface area contributed by atoms with Crippen LogP contribution in [0.2, 0.25) is 0 Å². The molecule has 2 rings (SSSR count). The summed E-state index contributed by atoms with van der Waals surface area (Å²) >= 11 is 0. The van der Waals surface area contributed by atoms with Crippen molar-refractivity contribution >= 4 is 17.6 Å². The second-order valence-electron chi connectivity index (χ2n) is 5.24. The monoisotopic (exact) mass is 346 g/mol. The van der Waals surface area contributed by atoms with E-state index in [-0.39, 0.29) is 12.5 Å². The lowest BCUT2D eigenvalue weighted by atomic mass is 10.1. The van der Waals surface area contributed by atoms with Crippen molar-refractivity contribution in [2.24, 2.45) is 0 Å². The van der Waals surface area contributed by atoms with E-state index in [9.17, 15) is 9.59 Å². The number of nitrogens with one attached hydrogen (secondary N) is 3. The minimum Gasteiger partial charge on any atom is -0.496 e. The van der Waals surface area contributed by atoms with Crippen LogP contribution in [-0.4, -0.2) is 40.9 Å². The van der Waals surface area contributed by atoms with Gasteiger partial charge in [-0.2, -0.15) is 0 Å². The van der Waals surface area contributed by atoms with Crippen LogP contribution < -0.4 is 20.7 Å². The van der Waals surface area contributed by atoms with Crippen LogP contribution in [0.4, 0.5) is 10.5 Å². The molecule has 3 amide bonds. The Hall–Kier alpha value is -3.10. The van der Waals surface area contributed by atoms with Gasteiger partial charge in [0.15, 0.2) is 5.82 Å². The zero-order chi connectivity index (χ0) is 18.2. The SMILES string of the molecule is CCCn1cnnc1CNC(=O)Nc1ccc(OC)c(C(=O)NC)c1. The number of methoxy groups -OCH3 is 1. The number of carbonyl (C=O) groups is 2. The zero-order valence-electron chi connectivity index (χ0n) is 14.5. The topological polar surface area (TPSA) is 110 Å². The van der Waals surface area contributed by atoms with Gasteiger partial charge in [0, 0.05) is 19.3 Å². The lowest BCUT2D eigenvalue weighted by Crippen LogP contribution is -2.29. The van der Waals surface area contributed by atoms with Gasteiger partial charge >= 0.3 is 6.03 Å². The highest BCUT2D eigenvalue weighted by Gasteiger charge is 2.13. The third-order valence-electron chi connectivity index (χ3n) is 3.50. The van der Waals surface area contributed by atoms with Gasteiger partial charge in [-0.1, -0.05) is 6.92 Å². The van der Waals surface area contributed by atoms with Gasteiger partial charge in [-0.25, -0.2) is 4.79 Å². The molecule has 25 heavy (non-hydrogen) atoms. The molecule has 1 aromatic carbocycles. The average molecular weight is 346 g/mol. The van der Waals surface area contributed by atoms with Crippen molar-refractivity contribution in [2.45, 2.75) is 26.4 Å². The Kier molecular flexibility index (Phi) is 6.33. The van der Waals surface area contributed by atoms with Crippen molar-refractivity contribution in [1.29, 1.82) is 0 Å². The van der Waals surface area contributed by atoms with Crippen molar-refractivity contribution in [3.63, 3.8) is 0 Å². The molecule has 0 spiro atoms. The Labute approximate surface area is 145 Å². The highest BCUT2D eigenvalue weighted by Crippen LogP contribution is 2.22. The summed E-state index contributed by atoms with van der Waals surface area (Å²) in [5.74, 6) is 0.810. The van der Waals surface area contributed by atoms with Gasteiger partial charge in [-0.05, 0) is 24.6 Å². The standard InChI is InChI=1S/C16H22N6O3/c1-4-7-22-10-19-21-14(22)9-18-16(24)20-11-5-6-13(25-3)12(8-11)15(23)17-2/h5-6,8,10H,4,7,9H2,1-3H3,(H,17,23)(H2,18,20,24). The Balaban J connectivity index is 2.00. The molecular weight excluding hydrogens is 324 g/mol. The summed E-state index contributed by atoms with van der Waals surface area (Å²) in [4.78, 5) is 23.9. The lowest BCUT2D eigenvalue weighted by Gasteiger charge is -2.11. The minimum absolute atomic E-state index is 0.254. The summed E-state index contributed by atoms with van der Waals surface area (Å²) in [5, 5.41) is 15.8. The van der Waals surface area contributed by atoms with Gasteiger partial charge in [0.2, 0.25) is 0 Å². The molecular formula is C16H22N6O3. The van der Waals surface area contributed by atoms with Crippen LogP contribution in [0.1, 0.15) is 29.5 Å². The highest BCUT2D eigenvalue weighted by atomic mass is 16.5. The Morgan fingerprint density at radius 1 is 1.32 bits per heavy atom. The minimum atomic E-state index is -0.404. The first-order valence-electron chi connectivity index (χ1n) is 7.90. The number of rotatable bonds is 7. The van der Waals surface area contributed by atoms with Gasteiger partial charge in [0.1, 0.15) is 12.1 Å². The number of nitrogens with zero attached hydrogens (tertiary/aromatic N) is 3. The molecule has 1 heterocycles. The number of hydrogen-bond acceptors (Lipinski definition) is 5. The first-order valence-corrected chi connectivity index (χ1v) is 7.90. The summed E-state index contributed by atoms with van der Waals surface area (Å²) in [6, 6.07) is 4.43. The van der Waals surface area contributed by atoms with Crippen molar-refractivity contribution in [3.05, 3.63) is 35.9 Å².